The van der Waals surface area contributed by atoms with Crippen LogP contribution in [0.4, 0.5) is 13.2 Å². The predicted molar refractivity (Wildman–Crippen MR) is 55.8 cm³/mol. The van der Waals surface area contributed by atoms with Gasteiger partial charge in [-0.15, -0.1) is 0 Å². The first-order valence-corrected chi connectivity index (χ1v) is 5.49. The van der Waals surface area contributed by atoms with Crippen LogP contribution in [0.5, 0.6) is 0 Å². The van der Waals surface area contributed by atoms with Crippen molar-refractivity contribution in [3.63, 3.8) is 0 Å². The van der Waals surface area contributed by atoms with Crippen LogP contribution >= 0.6 is 0 Å². The summed E-state index contributed by atoms with van der Waals surface area (Å²) >= 11 is 0. The Balaban J connectivity index is 2.15. The van der Waals surface area contributed by atoms with E-state index >= 15 is 0 Å². The van der Waals surface area contributed by atoms with Gasteiger partial charge < -0.3 is 5.32 Å². The number of amides is 1. The molecule has 0 bridgehead atoms. The normalized spacial score (nSPS) is 20.2. The van der Waals surface area contributed by atoms with Gasteiger partial charge in [0.05, 0.1) is 0 Å². The molecule has 1 unspecified atom stereocenters. The van der Waals surface area contributed by atoms with Crippen molar-refractivity contribution in [2.45, 2.75) is 19.3 Å². The summed E-state index contributed by atoms with van der Waals surface area (Å²) in [7, 11) is 0. The minimum Gasteiger partial charge on any atom is -0.356 e. The highest BCUT2D eigenvalue weighted by atomic mass is 19.2. The van der Waals surface area contributed by atoms with Crippen molar-refractivity contribution in [1.29, 1.82) is 0 Å². The summed E-state index contributed by atoms with van der Waals surface area (Å²) in [5, 5.41) is 2.69. The molecular weight excluding hydrogens is 231 g/mol. The summed E-state index contributed by atoms with van der Waals surface area (Å²) in [6.45, 7) is 0.640. The summed E-state index contributed by atoms with van der Waals surface area (Å²) in [5.74, 6) is -4.29. The van der Waals surface area contributed by atoms with Gasteiger partial charge in [0.1, 0.15) is 0 Å². The van der Waals surface area contributed by atoms with E-state index in [1.165, 1.54) is 0 Å². The lowest BCUT2D eigenvalue weighted by Gasteiger charge is -2.21. The third kappa shape index (κ3) is 2.60. The molecule has 1 heterocycles. The van der Waals surface area contributed by atoms with Crippen molar-refractivity contribution in [3.05, 3.63) is 35.1 Å². The number of piperidine rings is 1. The molecule has 92 valence electrons. The summed E-state index contributed by atoms with van der Waals surface area (Å²) in [6, 6.07) is 1.89. The van der Waals surface area contributed by atoms with Gasteiger partial charge in [-0.05, 0) is 37.0 Å². The highest BCUT2D eigenvalue weighted by molar-refractivity contribution is 5.79. The quantitative estimate of drug-likeness (QED) is 0.792. The Morgan fingerprint density at radius 1 is 1.24 bits per heavy atom. The van der Waals surface area contributed by atoms with Crippen molar-refractivity contribution in [1.82, 2.24) is 5.32 Å². The van der Waals surface area contributed by atoms with Gasteiger partial charge in [0.25, 0.3) is 0 Å². The number of carbonyl (C=O) groups is 1. The first-order valence-electron chi connectivity index (χ1n) is 5.49. The number of halogens is 3. The summed E-state index contributed by atoms with van der Waals surface area (Å²) in [6.07, 6.45) is 1.77. The van der Waals surface area contributed by atoms with E-state index in [-0.39, 0.29) is 18.2 Å². The van der Waals surface area contributed by atoms with Crippen molar-refractivity contribution in [3.8, 4) is 0 Å². The lowest BCUT2D eigenvalue weighted by atomic mass is 9.91. The molecule has 17 heavy (non-hydrogen) atoms. The minimum absolute atomic E-state index is 0.110. The fourth-order valence-corrected chi connectivity index (χ4v) is 2.04. The fraction of sp³-hybridized carbons (Fsp3) is 0.417. The summed E-state index contributed by atoms with van der Waals surface area (Å²) < 4.78 is 38.7. The topological polar surface area (TPSA) is 29.1 Å². The van der Waals surface area contributed by atoms with E-state index in [9.17, 15) is 18.0 Å². The van der Waals surface area contributed by atoms with Crippen LogP contribution in [0.15, 0.2) is 12.1 Å². The average molecular weight is 243 g/mol. The first kappa shape index (κ1) is 12.0. The van der Waals surface area contributed by atoms with E-state index in [0.29, 0.717) is 18.5 Å². The number of carbonyl (C=O) groups excluding carboxylic acids is 1. The Morgan fingerprint density at radius 3 is 2.47 bits per heavy atom. The highest BCUT2D eigenvalue weighted by Crippen LogP contribution is 2.20. The van der Waals surface area contributed by atoms with Crippen LogP contribution in [-0.2, 0) is 11.2 Å². The number of hydrogen-bond acceptors (Lipinski definition) is 1. The number of rotatable bonds is 2. The Labute approximate surface area is 96.8 Å². The second-order valence-electron chi connectivity index (χ2n) is 4.21. The lowest BCUT2D eigenvalue weighted by molar-refractivity contribution is -0.126. The Kier molecular flexibility index (Phi) is 3.36. The van der Waals surface area contributed by atoms with Crippen LogP contribution < -0.4 is 5.32 Å². The Hall–Kier alpha value is -1.52. The SMILES string of the molecule is O=C1NCCCC1Cc1cc(F)c(F)c(F)c1. The first-order chi connectivity index (χ1) is 8.08. The number of hydrogen-bond donors (Lipinski definition) is 1. The maximum absolute atomic E-state index is 13.0. The largest absolute Gasteiger partial charge is 0.356 e. The summed E-state index contributed by atoms with van der Waals surface area (Å²) in [5.41, 5.74) is 0.309. The lowest BCUT2D eigenvalue weighted by Crippen LogP contribution is -2.37. The van der Waals surface area contributed by atoms with E-state index < -0.39 is 17.5 Å². The molecule has 2 rings (SSSR count). The Morgan fingerprint density at radius 2 is 1.88 bits per heavy atom. The molecule has 0 aliphatic carbocycles. The molecule has 0 aromatic heterocycles. The zero-order chi connectivity index (χ0) is 12.4. The maximum Gasteiger partial charge on any atom is 0.223 e. The molecule has 2 nitrogen and oxygen atoms in total. The zero-order valence-corrected chi connectivity index (χ0v) is 9.10. The third-order valence-corrected chi connectivity index (χ3v) is 2.93. The molecule has 5 heteroatoms. The molecule has 1 aliphatic rings. The molecule has 1 aliphatic heterocycles. The molecule has 1 saturated heterocycles. The van der Waals surface area contributed by atoms with Crippen LogP contribution in [0.25, 0.3) is 0 Å². The van der Waals surface area contributed by atoms with Crippen molar-refractivity contribution in [2.24, 2.45) is 5.92 Å². The molecule has 1 atom stereocenters. The molecule has 1 aromatic rings. The second kappa shape index (κ2) is 4.77. The number of nitrogens with one attached hydrogen (secondary N) is 1. The van der Waals surface area contributed by atoms with Crippen LogP contribution in [0.2, 0.25) is 0 Å². The standard InChI is InChI=1S/C12H12F3NO/c13-9-5-7(6-10(14)11(9)15)4-8-2-1-3-16-12(8)17/h5-6,8H,1-4H2,(H,16,17). The van der Waals surface area contributed by atoms with Gasteiger partial charge in [-0.3, -0.25) is 4.79 Å². The molecule has 1 amide bonds. The van der Waals surface area contributed by atoms with Crippen molar-refractivity contribution < 1.29 is 18.0 Å². The second-order valence-corrected chi connectivity index (χ2v) is 4.21. The molecule has 0 saturated carbocycles. The fourth-order valence-electron chi connectivity index (χ4n) is 2.04. The maximum atomic E-state index is 13.0. The molecule has 1 N–H and O–H groups in total. The van der Waals surface area contributed by atoms with E-state index in [2.05, 4.69) is 5.32 Å². The van der Waals surface area contributed by atoms with Crippen molar-refractivity contribution >= 4 is 5.91 Å². The number of benzene rings is 1. The molecule has 0 spiro atoms. The smallest absolute Gasteiger partial charge is 0.223 e. The predicted octanol–water partition coefficient (Wildman–Crippen LogP) is 2.17. The van der Waals surface area contributed by atoms with Crippen LogP contribution in [0.3, 0.4) is 0 Å². The summed E-state index contributed by atoms with van der Waals surface area (Å²) in [4.78, 5) is 11.5. The molecule has 1 fully saturated rings. The zero-order valence-electron chi connectivity index (χ0n) is 9.10. The van der Waals surface area contributed by atoms with Gasteiger partial charge >= 0.3 is 0 Å². The van der Waals surface area contributed by atoms with Gasteiger partial charge in [0, 0.05) is 12.5 Å². The van der Waals surface area contributed by atoms with Crippen LogP contribution in [0, 0.1) is 23.4 Å². The van der Waals surface area contributed by atoms with Crippen LogP contribution in [0.1, 0.15) is 18.4 Å². The van der Waals surface area contributed by atoms with E-state index in [4.69, 9.17) is 0 Å². The van der Waals surface area contributed by atoms with E-state index in [1.807, 2.05) is 0 Å². The van der Waals surface area contributed by atoms with Gasteiger partial charge in [-0.25, -0.2) is 13.2 Å². The van der Waals surface area contributed by atoms with E-state index in [1.54, 1.807) is 0 Å². The minimum atomic E-state index is -1.47. The van der Waals surface area contributed by atoms with Gasteiger partial charge in [-0.1, -0.05) is 0 Å². The van der Waals surface area contributed by atoms with Gasteiger partial charge in [0.2, 0.25) is 5.91 Å². The third-order valence-electron chi connectivity index (χ3n) is 2.93. The average Bonchev–Trinajstić information content (AvgIpc) is 2.29. The van der Waals surface area contributed by atoms with Crippen LogP contribution in [-0.4, -0.2) is 12.5 Å². The monoisotopic (exact) mass is 243 g/mol. The van der Waals surface area contributed by atoms with Gasteiger partial charge in [-0.2, -0.15) is 0 Å². The molecule has 0 radical (unpaired) electrons. The molecular formula is C12H12F3NO. The van der Waals surface area contributed by atoms with Gasteiger partial charge in [0.15, 0.2) is 17.5 Å². The van der Waals surface area contributed by atoms with E-state index in [0.717, 1.165) is 18.6 Å². The Bertz CT molecular complexity index is 424. The molecule has 1 aromatic carbocycles. The van der Waals surface area contributed by atoms with Crippen molar-refractivity contribution in [2.75, 3.05) is 6.54 Å². The highest BCUT2D eigenvalue weighted by Gasteiger charge is 2.23.